The summed E-state index contributed by atoms with van der Waals surface area (Å²) in [5.41, 5.74) is 7.39. The predicted octanol–water partition coefficient (Wildman–Crippen LogP) is 16.9. The summed E-state index contributed by atoms with van der Waals surface area (Å²) in [5, 5.41) is 17.8. The molecule has 0 bridgehead atoms. The van der Waals surface area contributed by atoms with E-state index in [1.54, 1.807) is 0 Å². The summed E-state index contributed by atoms with van der Waals surface area (Å²) in [4.78, 5) is 15.6. The third-order valence-electron chi connectivity index (χ3n) is 13.4. The monoisotopic (exact) mass is 841 g/mol. The van der Waals surface area contributed by atoms with E-state index in [0.29, 0.717) is 17.5 Å². The van der Waals surface area contributed by atoms with Crippen molar-refractivity contribution in [3.05, 3.63) is 212 Å². The van der Waals surface area contributed by atoms with Gasteiger partial charge in [0.1, 0.15) is 0 Å². The molecule has 14 rings (SSSR count). The first kappa shape index (κ1) is 36.2. The van der Waals surface area contributed by atoms with E-state index in [9.17, 15) is 0 Å². The van der Waals surface area contributed by atoms with Gasteiger partial charge in [0.25, 0.3) is 0 Å². The van der Waals surface area contributed by atoms with Gasteiger partial charge in [0.2, 0.25) is 0 Å². The van der Waals surface area contributed by atoms with Gasteiger partial charge in [0.05, 0.1) is 0 Å². The van der Waals surface area contributed by atoms with Gasteiger partial charge in [-0.15, -0.1) is 11.3 Å². The number of hydrogen-bond acceptors (Lipinski definition) is 4. The summed E-state index contributed by atoms with van der Waals surface area (Å²) in [7, 11) is 0. The minimum atomic E-state index is 0.631. The van der Waals surface area contributed by atoms with E-state index in [-0.39, 0.29) is 0 Å². The minimum absolute atomic E-state index is 0.631. The molecule has 0 atom stereocenters. The van der Waals surface area contributed by atoms with Crippen LogP contribution >= 0.6 is 11.3 Å². The molecule has 65 heavy (non-hydrogen) atoms. The van der Waals surface area contributed by atoms with Gasteiger partial charge in [0, 0.05) is 36.9 Å². The Hall–Kier alpha value is -8.31. The van der Waals surface area contributed by atoms with Gasteiger partial charge in [-0.2, -0.15) is 0 Å². The molecule has 0 radical (unpaired) electrons. The Bertz CT molecular complexity index is 4240. The first-order valence-electron chi connectivity index (χ1n) is 22.1. The lowest BCUT2D eigenvalue weighted by atomic mass is 9.86. The molecule has 0 aliphatic heterocycles. The van der Waals surface area contributed by atoms with Crippen LogP contribution in [0.15, 0.2) is 212 Å². The molecule has 2 heterocycles. The molecule has 3 nitrogen and oxygen atoms in total. The van der Waals surface area contributed by atoms with E-state index >= 15 is 0 Å². The molecule has 0 aliphatic rings. The molecule has 0 aliphatic carbocycles. The average molecular weight is 842 g/mol. The number of rotatable bonds is 5. The Balaban J connectivity index is 0.963. The molecule has 300 valence electrons. The van der Waals surface area contributed by atoms with Gasteiger partial charge < -0.3 is 0 Å². The summed E-state index contributed by atoms with van der Waals surface area (Å²) < 4.78 is 2.57. The van der Waals surface area contributed by atoms with Crippen LogP contribution in [0, 0.1) is 0 Å². The lowest BCUT2D eigenvalue weighted by molar-refractivity contribution is 1.07. The first-order chi connectivity index (χ1) is 32.2. The third-order valence-corrected chi connectivity index (χ3v) is 14.6. The van der Waals surface area contributed by atoms with Crippen LogP contribution in [0.1, 0.15) is 0 Å². The quantitative estimate of drug-likeness (QED) is 0.162. The highest BCUT2D eigenvalue weighted by molar-refractivity contribution is 7.26. The van der Waals surface area contributed by atoms with Gasteiger partial charge in [0.15, 0.2) is 17.5 Å². The standard InChI is InChI=1S/C61H35N3S/c1-2-12-39(13-3-1)59-62-60(64-61(63-59)44-20-7-18-41(33-44)46-22-11-26-51-47-21-4-5-27-53(47)65-58(46)51)43-19-6-17-40(32-43)45-34-42-31-30-38-15-9-24-49-48-23-8-14-36-28-29-37-16-10-25-50(56(37)54(36)48)52(35-45)57(42)55(38)49/h1-35H. The fourth-order valence-corrected chi connectivity index (χ4v) is 11.7. The molecule has 12 aromatic carbocycles. The van der Waals surface area contributed by atoms with Crippen LogP contribution in [0.3, 0.4) is 0 Å². The third kappa shape index (κ3) is 5.64. The van der Waals surface area contributed by atoms with Crippen molar-refractivity contribution >= 4 is 96.1 Å². The van der Waals surface area contributed by atoms with Crippen LogP contribution in [-0.4, -0.2) is 15.0 Å². The lowest BCUT2D eigenvalue weighted by Gasteiger charge is -2.17. The molecule has 0 saturated heterocycles. The molecule has 2 aromatic heterocycles. The maximum Gasteiger partial charge on any atom is 0.164 e. The Morgan fingerprint density at radius 3 is 1.40 bits per heavy atom. The van der Waals surface area contributed by atoms with Crippen molar-refractivity contribution in [1.29, 1.82) is 0 Å². The highest BCUT2D eigenvalue weighted by Gasteiger charge is 2.19. The van der Waals surface area contributed by atoms with Gasteiger partial charge in [-0.3, -0.25) is 0 Å². The maximum absolute atomic E-state index is 5.26. The van der Waals surface area contributed by atoms with Crippen LogP contribution in [0.25, 0.3) is 141 Å². The lowest BCUT2D eigenvalue weighted by Crippen LogP contribution is -2.00. The van der Waals surface area contributed by atoms with E-state index in [1.165, 1.54) is 90.4 Å². The molecule has 14 aromatic rings. The van der Waals surface area contributed by atoms with Crippen molar-refractivity contribution < 1.29 is 0 Å². The molecular formula is C61H35N3S. The zero-order valence-corrected chi connectivity index (χ0v) is 35.8. The summed E-state index contributed by atoms with van der Waals surface area (Å²) in [6.45, 7) is 0. The highest BCUT2D eigenvalue weighted by atomic mass is 32.1. The van der Waals surface area contributed by atoms with Gasteiger partial charge in [-0.25, -0.2) is 15.0 Å². The number of thiophene rings is 1. The molecule has 0 amide bonds. The predicted molar refractivity (Wildman–Crippen MR) is 276 cm³/mol. The fraction of sp³-hybridized carbons (Fsp3) is 0. The van der Waals surface area contributed by atoms with Crippen molar-refractivity contribution in [2.24, 2.45) is 0 Å². The van der Waals surface area contributed by atoms with Crippen molar-refractivity contribution in [1.82, 2.24) is 15.0 Å². The van der Waals surface area contributed by atoms with Gasteiger partial charge in [-0.1, -0.05) is 182 Å². The van der Waals surface area contributed by atoms with E-state index in [2.05, 4.69) is 194 Å². The number of nitrogens with zero attached hydrogens (tertiary/aromatic N) is 3. The van der Waals surface area contributed by atoms with Crippen LogP contribution in [0.4, 0.5) is 0 Å². The molecular weight excluding hydrogens is 807 g/mol. The summed E-state index contributed by atoms with van der Waals surface area (Å²) in [6, 6.07) is 77.1. The van der Waals surface area contributed by atoms with E-state index in [4.69, 9.17) is 15.0 Å². The van der Waals surface area contributed by atoms with Crippen molar-refractivity contribution in [2.45, 2.75) is 0 Å². The zero-order valence-electron chi connectivity index (χ0n) is 35.0. The van der Waals surface area contributed by atoms with Crippen LogP contribution in [0.5, 0.6) is 0 Å². The number of benzene rings is 11. The number of aromatic nitrogens is 3. The molecule has 0 unspecified atom stereocenters. The Morgan fingerprint density at radius 1 is 0.262 bits per heavy atom. The molecule has 4 heteroatoms. The van der Waals surface area contributed by atoms with Crippen molar-refractivity contribution in [3.63, 3.8) is 0 Å². The zero-order chi connectivity index (χ0) is 42.6. The smallest absolute Gasteiger partial charge is 0.164 e. The second-order valence-corrected chi connectivity index (χ2v) is 18.1. The Labute approximate surface area is 377 Å². The van der Waals surface area contributed by atoms with E-state index in [1.807, 2.05) is 29.5 Å². The minimum Gasteiger partial charge on any atom is -0.208 e. The van der Waals surface area contributed by atoms with Gasteiger partial charge >= 0.3 is 0 Å². The van der Waals surface area contributed by atoms with Gasteiger partial charge in [-0.05, 0) is 117 Å². The fourth-order valence-electron chi connectivity index (χ4n) is 10.4. The van der Waals surface area contributed by atoms with Crippen LogP contribution in [0.2, 0.25) is 0 Å². The van der Waals surface area contributed by atoms with Crippen LogP contribution < -0.4 is 0 Å². The van der Waals surface area contributed by atoms with Crippen molar-refractivity contribution in [3.8, 4) is 56.4 Å². The molecule has 0 fully saturated rings. The first-order valence-corrected chi connectivity index (χ1v) is 22.9. The number of hydrogen-bond donors (Lipinski definition) is 0. The number of fused-ring (bicyclic) bond motifs is 5. The van der Waals surface area contributed by atoms with E-state index in [0.717, 1.165) is 33.4 Å². The SMILES string of the molecule is c1ccc(-c2nc(-c3cccc(-c4cc5ccc6cccc7c8cccc9ccc%10cccc(c(c4)c5c67)c%10c98)c3)nc(-c3cccc(-c4cccc5c4sc4ccccc45)c3)n2)cc1. The average Bonchev–Trinajstić information content (AvgIpc) is 3.76. The van der Waals surface area contributed by atoms with Crippen LogP contribution in [-0.2, 0) is 0 Å². The summed E-state index contributed by atoms with van der Waals surface area (Å²) in [6.07, 6.45) is 0. The Morgan fingerprint density at radius 2 is 0.723 bits per heavy atom. The topological polar surface area (TPSA) is 38.7 Å². The second-order valence-electron chi connectivity index (χ2n) is 17.1. The van der Waals surface area contributed by atoms with Crippen molar-refractivity contribution in [2.75, 3.05) is 0 Å². The largest absolute Gasteiger partial charge is 0.208 e. The summed E-state index contributed by atoms with van der Waals surface area (Å²) >= 11 is 1.85. The molecule has 0 N–H and O–H groups in total. The maximum atomic E-state index is 5.26. The second kappa shape index (κ2) is 14.1. The van der Waals surface area contributed by atoms with E-state index < -0.39 is 0 Å². The summed E-state index contributed by atoms with van der Waals surface area (Å²) in [5.74, 6) is 1.91. The Kier molecular flexibility index (Phi) is 7.85. The normalized spacial score (nSPS) is 12.0. The highest BCUT2D eigenvalue weighted by Crippen LogP contribution is 2.45. The molecule has 0 spiro atoms. The molecule has 0 saturated carbocycles.